The van der Waals surface area contributed by atoms with E-state index in [9.17, 15) is 9.59 Å². The Balaban J connectivity index is 2.07. The Morgan fingerprint density at radius 2 is 1.78 bits per heavy atom. The van der Waals surface area contributed by atoms with Crippen LogP contribution in [0.5, 0.6) is 5.75 Å². The molecule has 23 heavy (non-hydrogen) atoms. The van der Waals surface area contributed by atoms with Gasteiger partial charge in [-0.05, 0) is 48.9 Å². The first kappa shape index (κ1) is 16.5. The van der Waals surface area contributed by atoms with Crippen LogP contribution in [0.4, 0.5) is 5.69 Å². The van der Waals surface area contributed by atoms with Crippen LogP contribution in [-0.2, 0) is 4.74 Å². The van der Waals surface area contributed by atoms with Crippen molar-refractivity contribution in [1.29, 1.82) is 0 Å². The first-order chi connectivity index (χ1) is 11.1. The first-order valence-electron chi connectivity index (χ1n) is 7.36. The van der Waals surface area contributed by atoms with Crippen molar-refractivity contribution in [3.05, 3.63) is 59.7 Å². The Kier molecular flexibility index (Phi) is 5.74. The van der Waals surface area contributed by atoms with Crippen LogP contribution in [-0.4, -0.2) is 25.6 Å². The molecule has 0 atom stereocenters. The molecular formula is C18H19NO4. The fourth-order valence-electron chi connectivity index (χ4n) is 1.95. The standard InChI is InChI=1S/C18H19NO4/c1-3-11-23-18(21)14-5-4-6-15(12-14)19-17(20)13-7-9-16(22-2)10-8-13/h4-10,12H,3,11H2,1-2H3,(H,19,20). The number of esters is 1. The molecule has 5 nitrogen and oxygen atoms in total. The Morgan fingerprint density at radius 1 is 1.04 bits per heavy atom. The zero-order valence-corrected chi connectivity index (χ0v) is 13.2. The van der Waals surface area contributed by atoms with Crippen molar-refractivity contribution in [2.75, 3.05) is 19.0 Å². The van der Waals surface area contributed by atoms with E-state index in [0.717, 1.165) is 6.42 Å². The van der Waals surface area contributed by atoms with E-state index in [1.807, 2.05) is 6.92 Å². The molecule has 0 aliphatic rings. The molecule has 1 N–H and O–H groups in total. The molecule has 2 aromatic carbocycles. The molecule has 0 saturated carbocycles. The van der Waals surface area contributed by atoms with Gasteiger partial charge < -0.3 is 14.8 Å². The molecule has 0 spiro atoms. The third-order valence-corrected chi connectivity index (χ3v) is 3.15. The van der Waals surface area contributed by atoms with Crippen molar-refractivity contribution in [2.24, 2.45) is 0 Å². The Hall–Kier alpha value is -2.82. The van der Waals surface area contributed by atoms with Crippen LogP contribution in [0.1, 0.15) is 34.1 Å². The van der Waals surface area contributed by atoms with Crippen molar-refractivity contribution in [3.8, 4) is 5.75 Å². The molecule has 0 fully saturated rings. The van der Waals surface area contributed by atoms with E-state index >= 15 is 0 Å². The second-order valence-electron chi connectivity index (χ2n) is 4.90. The van der Waals surface area contributed by atoms with E-state index in [-0.39, 0.29) is 5.91 Å². The van der Waals surface area contributed by atoms with E-state index in [4.69, 9.17) is 9.47 Å². The number of carbonyl (C=O) groups is 2. The number of carbonyl (C=O) groups excluding carboxylic acids is 2. The van der Waals surface area contributed by atoms with Crippen molar-refractivity contribution in [3.63, 3.8) is 0 Å². The fraction of sp³-hybridized carbons (Fsp3) is 0.222. The highest BCUT2D eigenvalue weighted by Gasteiger charge is 2.10. The zero-order valence-electron chi connectivity index (χ0n) is 13.2. The predicted octanol–water partition coefficient (Wildman–Crippen LogP) is 3.51. The van der Waals surface area contributed by atoms with Gasteiger partial charge in [0.05, 0.1) is 19.3 Å². The van der Waals surface area contributed by atoms with Crippen molar-refractivity contribution in [2.45, 2.75) is 13.3 Å². The van der Waals surface area contributed by atoms with Crippen LogP contribution in [0.15, 0.2) is 48.5 Å². The van der Waals surface area contributed by atoms with Gasteiger partial charge in [-0.2, -0.15) is 0 Å². The third-order valence-electron chi connectivity index (χ3n) is 3.15. The molecule has 0 heterocycles. The van der Waals surface area contributed by atoms with Gasteiger partial charge in [0.2, 0.25) is 0 Å². The maximum Gasteiger partial charge on any atom is 0.338 e. The highest BCUT2D eigenvalue weighted by molar-refractivity contribution is 6.04. The molecule has 0 saturated heterocycles. The molecular weight excluding hydrogens is 294 g/mol. The minimum absolute atomic E-state index is 0.258. The number of amides is 1. The van der Waals surface area contributed by atoms with E-state index in [2.05, 4.69) is 5.32 Å². The van der Waals surface area contributed by atoms with E-state index < -0.39 is 5.97 Å². The van der Waals surface area contributed by atoms with Crippen molar-refractivity contribution < 1.29 is 19.1 Å². The lowest BCUT2D eigenvalue weighted by molar-refractivity contribution is 0.0505. The summed E-state index contributed by atoms with van der Waals surface area (Å²) in [5.74, 6) is 0.0290. The average molecular weight is 313 g/mol. The zero-order chi connectivity index (χ0) is 16.7. The summed E-state index contributed by atoms with van der Waals surface area (Å²) in [6, 6.07) is 13.5. The van der Waals surface area contributed by atoms with Gasteiger partial charge in [0.25, 0.3) is 5.91 Å². The van der Waals surface area contributed by atoms with Gasteiger partial charge in [-0.15, -0.1) is 0 Å². The van der Waals surface area contributed by atoms with Gasteiger partial charge in [0.1, 0.15) is 5.75 Å². The van der Waals surface area contributed by atoms with Crippen LogP contribution in [0.3, 0.4) is 0 Å². The number of hydrogen-bond acceptors (Lipinski definition) is 4. The summed E-state index contributed by atoms with van der Waals surface area (Å²) in [7, 11) is 1.57. The summed E-state index contributed by atoms with van der Waals surface area (Å²) in [4.78, 5) is 24.0. The molecule has 120 valence electrons. The monoisotopic (exact) mass is 313 g/mol. The topological polar surface area (TPSA) is 64.6 Å². The number of rotatable bonds is 6. The molecule has 0 aliphatic heterocycles. The van der Waals surface area contributed by atoms with Gasteiger partial charge in [0.15, 0.2) is 0 Å². The number of ether oxygens (including phenoxy) is 2. The molecule has 0 aliphatic carbocycles. The predicted molar refractivity (Wildman–Crippen MR) is 88.0 cm³/mol. The van der Waals surface area contributed by atoms with Gasteiger partial charge in [-0.3, -0.25) is 4.79 Å². The lowest BCUT2D eigenvalue weighted by Crippen LogP contribution is -2.13. The number of methoxy groups -OCH3 is 1. The van der Waals surface area contributed by atoms with Crippen LogP contribution >= 0.6 is 0 Å². The maximum absolute atomic E-state index is 12.2. The van der Waals surface area contributed by atoms with E-state index in [1.165, 1.54) is 0 Å². The summed E-state index contributed by atoms with van der Waals surface area (Å²) < 4.78 is 10.1. The van der Waals surface area contributed by atoms with Gasteiger partial charge in [-0.25, -0.2) is 4.79 Å². The number of hydrogen-bond donors (Lipinski definition) is 1. The molecule has 2 rings (SSSR count). The molecule has 0 aromatic heterocycles. The van der Waals surface area contributed by atoms with Gasteiger partial charge in [-0.1, -0.05) is 13.0 Å². The van der Waals surface area contributed by atoms with Crippen LogP contribution in [0.2, 0.25) is 0 Å². The molecule has 2 aromatic rings. The van der Waals surface area contributed by atoms with E-state index in [0.29, 0.717) is 29.2 Å². The number of nitrogens with one attached hydrogen (secondary N) is 1. The van der Waals surface area contributed by atoms with Gasteiger partial charge in [0, 0.05) is 11.3 Å². The van der Waals surface area contributed by atoms with Crippen molar-refractivity contribution >= 4 is 17.6 Å². The smallest absolute Gasteiger partial charge is 0.338 e. The lowest BCUT2D eigenvalue weighted by Gasteiger charge is -2.08. The number of anilines is 1. The summed E-state index contributed by atoms with van der Waals surface area (Å²) in [6.07, 6.45) is 0.764. The minimum atomic E-state index is -0.396. The second kappa shape index (κ2) is 7.98. The molecule has 0 bridgehead atoms. The fourth-order valence-corrected chi connectivity index (χ4v) is 1.95. The lowest BCUT2D eigenvalue weighted by atomic mass is 10.1. The van der Waals surface area contributed by atoms with Crippen molar-refractivity contribution in [1.82, 2.24) is 0 Å². The first-order valence-corrected chi connectivity index (χ1v) is 7.36. The highest BCUT2D eigenvalue weighted by Crippen LogP contribution is 2.15. The number of benzene rings is 2. The van der Waals surface area contributed by atoms with Gasteiger partial charge >= 0.3 is 5.97 Å². The SMILES string of the molecule is CCCOC(=O)c1cccc(NC(=O)c2ccc(OC)cc2)c1. The Labute approximate surface area is 135 Å². The highest BCUT2D eigenvalue weighted by atomic mass is 16.5. The molecule has 0 radical (unpaired) electrons. The third kappa shape index (κ3) is 4.57. The minimum Gasteiger partial charge on any atom is -0.497 e. The summed E-state index contributed by atoms with van der Waals surface area (Å²) >= 11 is 0. The van der Waals surface area contributed by atoms with Crippen LogP contribution < -0.4 is 10.1 Å². The maximum atomic E-state index is 12.2. The normalized spacial score (nSPS) is 10.0. The summed E-state index contributed by atoms with van der Waals surface area (Å²) in [5, 5.41) is 2.76. The Bertz CT molecular complexity index is 680. The quantitative estimate of drug-likeness (QED) is 0.829. The summed E-state index contributed by atoms with van der Waals surface area (Å²) in [6.45, 7) is 2.31. The van der Waals surface area contributed by atoms with Crippen LogP contribution in [0, 0.1) is 0 Å². The Morgan fingerprint density at radius 3 is 2.43 bits per heavy atom. The molecule has 5 heteroatoms. The summed E-state index contributed by atoms with van der Waals surface area (Å²) in [5.41, 5.74) is 1.45. The molecule has 0 unspecified atom stereocenters. The van der Waals surface area contributed by atoms with Crippen LogP contribution in [0.25, 0.3) is 0 Å². The van der Waals surface area contributed by atoms with E-state index in [1.54, 1.807) is 55.6 Å². The molecule has 1 amide bonds. The largest absolute Gasteiger partial charge is 0.497 e. The second-order valence-corrected chi connectivity index (χ2v) is 4.90. The average Bonchev–Trinajstić information content (AvgIpc) is 2.60.